The zero-order chi connectivity index (χ0) is 13.9. The Labute approximate surface area is 120 Å². The lowest BCUT2D eigenvalue weighted by molar-refractivity contribution is -0.308. The number of rotatable bonds is 4. The fourth-order valence-electron chi connectivity index (χ4n) is 2.20. The van der Waals surface area contributed by atoms with Gasteiger partial charge in [-0.1, -0.05) is 60.7 Å². The Morgan fingerprint density at radius 2 is 1.30 bits per heavy atom. The molecular formula is C15H17NO3S. The summed E-state index contributed by atoms with van der Waals surface area (Å²) in [4.78, 5) is 11.8. The van der Waals surface area contributed by atoms with Crippen LogP contribution >= 0.6 is 0 Å². The average Bonchev–Trinajstić information content (AvgIpc) is 2.41. The van der Waals surface area contributed by atoms with Gasteiger partial charge in [-0.2, -0.15) is 0 Å². The van der Waals surface area contributed by atoms with E-state index in [0.717, 1.165) is 0 Å². The second-order valence-corrected chi connectivity index (χ2v) is 5.68. The lowest BCUT2D eigenvalue weighted by atomic mass is 9.90. The molecule has 20 heavy (non-hydrogen) atoms. The zero-order valence-electron chi connectivity index (χ0n) is 11.4. The molecule has 4 N–H and O–H groups in total. The van der Waals surface area contributed by atoms with E-state index in [4.69, 9.17) is 0 Å². The lowest BCUT2D eigenvalue weighted by Gasteiger charge is -2.33. The fourth-order valence-corrected chi connectivity index (χ4v) is 3.37. The van der Waals surface area contributed by atoms with Crippen LogP contribution in [0.1, 0.15) is 11.1 Å². The van der Waals surface area contributed by atoms with Crippen LogP contribution in [-0.2, 0) is 20.3 Å². The molecule has 0 amide bonds. The molecule has 2 rings (SSSR count). The molecule has 0 saturated heterocycles. The number of carbonyl (C=O) groups is 1. The highest BCUT2D eigenvalue weighted by molar-refractivity contribution is 7.86. The number of aliphatic carboxylic acids is 1. The number of hydrogen-bond donors (Lipinski definition) is 1. The maximum Gasteiger partial charge on any atom is 0.135 e. The van der Waals surface area contributed by atoms with Crippen molar-refractivity contribution < 1.29 is 14.1 Å². The van der Waals surface area contributed by atoms with Crippen LogP contribution in [0.3, 0.4) is 0 Å². The van der Waals surface area contributed by atoms with Crippen LogP contribution in [0.25, 0.3) is 0 Å². The highest BCUT2D eigenvalue weighted by Gasteiger charge is 2.40. The Balaban J connectivity index is 0.00000200. The predicted molar refractivity (Wildman–Crippen MR) is 78.7 cm³/mol. The summed E-state index contributed by atoms with van der Waals surface area (Å²) in [6, 6.07) is 17.1. The van der Waals surface area contributed by atoms with Crippen molar-refractivity contribution in [3.8, 4) is 0 Å². The molecule has 0 fully saturated rings. The summed E-state index contributed by atoms with van der Waals surface area (Å²) >= 11 is 0. The molecule has 1 atom stereocenters. The van der Waals surface area contributed by atoms with Gasteiger partial charge in [0.25, 0.3) is 0 Å². The summed E-state index contributed by atoms with van der Waals surface area (Å²) in [5, 5.41) is 11.8. The van der Waals surface area contributed by atoms with Crippen molar-refractivity contribution in [2.24, 2.45) is 0 Å². The van der Waals surface area contributed by atoms with Crippen molar-refractivity contribution in [1.82, 2.24) is 6.15 Å². The number of carboxylic acid groups (broad SMARTS) is 1. The molecule has 0 aromatic heterocycles. The number of hydrogen-bond acceptors (Lipinski definition) is 3. The molecule has 4 nitrogen and oxygen atoms in total. The minimum atomic E-state index is -1.66. The predicted octanol–water partition coefficient (Wildman–Crippen LogP) is 1.43. The summed E-state index contributed by atoms with van der Waals surface area (Å²) in [5.41, 5.74) is 0.920. The number of carboxylic acids is 1. The average molecular weight is 291 g/mol. The topological polar surface area (TPSA) is 93.7 Å². The van der Waals surface area contributed by atoms with E-state index >= 15 is 0 Å². The van der Waals surface area contributed by atoms with Gasteiger partial charge in [0.05, 0.1) is 5.97 Å². The van der Waals surface area contributed by atoms with E-state index in [0.29, 0.717) is 11.1 Å². The van der Waals surface area contributed by atoms with Crippen LogP contribution in [0, 0.1) is 0 Å². The first kappa shape index (κ1) is 16.1. The van der Waals surface area contributed by atoms with Gasteiger partial charge in [0, 0.05) is 17.1 Å². The molecule has 5 heteroatoms. The fraction of sp³-hybridized carbons (Fsp3) is 0.133. The Hall–Kier alpha value is -1.98. The van der Waals surface area contributed by atoms with Gasteiger partial charge in [0.2, 0.25) is 0 Å². The second-order valence-electron chi connectivity index (χ2n) is 4.15. The van der Waals surface area contributed by atoms with Crippen LogP contribution < -0.4 is 11.3 Å². The Morgan fingerprint density at radius 1 is 0.950 bits per heavy atom. The summed E-state index contributed by atoms with van der Waals surface area (Å²) < 4.78 is 10.6. The van der Waals surface area contributed by atoms with Crippen LogP contribution in [-0.4, -0.2) is 16.4 Å². The Kier molecular flexibility index (Phi) is 5.19. The molecule has 2 aromatic rings. The first-order valence-corrected chi connectivity index (χ1v) is 7.32. The highest BCUT2D eigenvalue weighted by atomic mass is 32.2. The van der Waals surface area contributed by atoms with Crippen molar-refractivity contribution in [2.45, 2.75) is 4.75 Å². The molecule has 2 aromatic carbocycles. The van der Waals surface area contributed by atoms with Crippen LogP contribution in [0.5, 0.6) is 0 Å². The van der Waals surface area contributed by atoms with Crippen molar-refractivity contribution in [3.63, 3.8) is 0 Å². The summed E-state index contributed by atoms with van der Waals surface area (Å²) in [7, 11) is -1.66. The second kappa shape index (κ2) is 6.45. The molecule has 0 aliphatic heterocycles. The van der Waals surface area contributed by atoms with Gasteiger partial charge >= 0.3 is 0 Å². The minimum absolute atomic E-state index is 0. The molecule has 0 aliphatic carbocycles. The quantitative estimate of drug-likeness (QED) is 0.923. The van der Waals surface area contributed by atoms with Gasteiger partial charge in [-0.15, -0.1) is 0 Å². The standard InChI is InChI=1S/C15H14O3S.H3N/c1-19(18)15(14(16)17,12-8-4-2-5-9-12)13-10-6-3-7-11-13;/h2-11H,1H3,(H,16,17);1H3/t19-;/m1./s1. The third-order valence-corrected chi connectivity index (χ3v) is 4.58. The van der Waals surface area contributed by atoms with E-state index in [2.05, 4.69) is 0 Å². The summed E-state index contributed by atoms with van der Waals surface area (Å²) in [5.74, 6) is -1.36. The van der Waals surface area contributed by atoms with Gasteiger partial charge < -0.3 is 16.1 Å². The van der Waals surface area contributed by atoms with E-state index in [1.807, 2.05) is 0 Å². The SMILES string of the molecule is C[S@@](=O)C(C(=O)[O-])(c1ccccc1)c1ccccc1.[NH4+]. The smallest absolute Gasteiger partial charge is 0.135 e. The maximum atomic E-state index is 12.2. The van der Waals surface area contributed by atoms with E-state index in [9.17, 15) is 14.1 Å². The Morgan fingerprint density at radius 3 is 1.55 bits per heavy atom. The van der Waals surface area contributed by atoms with Crippen LogP contribution in [0.2, 0.25) is 0 Å². The Bertz CT molecular complexity index is 544. The molecule has 106 valence electrons. The van der Waals surface area contributed by atoms with E-state index < -0.39 is 21.5 Å². The summed E-state index contributed by atoms with van der Waals surface area (Å²) in [6.07, 6.45) is 1.38. The summed E-state index contributed by atoms with van der Waals surface area (Å²) in [6.45, 7) is 0. The molecule has 0 unspecified atom stereocenters. The zero-order valence-corrected chi connectivity index (χ0v) is 12.2. The number of quaternary nitrogens is 1. The van der Waals surface area contributed by atoms with Crippen molar-refractivity contribution >= 4 is 16.8 Å². The maximum absolute atomic E-state index is 12.2. The first-order valence-electron chi connectivity index (χ1n) is 5.76. The molecule has 0 spiro atoms. The molecule has 0 radical (unpaired) electrons. The van der Waals surface area contributed by atoms with Crippen molar-refractivity contribution in [3.05, 3.63) is 71.8 Å². The third kappa shape index (κ3) is 2.50. The van der Waals surface area contributed by atoms with E-state index in [1.165, 1.54) is 6.26 Å². The lowest BCUT2D eigenvalue weighted by Crippen LogP contribution is -2.49. The van der Waals surface area contributed by atoms with Crippen LogP contribution in [0.15, 0.2) is 60.7 Å². The molecule has 0 heterocycles. The first-order chi connectivity index (χ1) is 9.10. The van der Waals surface area contributed by atoms with Gasteiger partial charge in [0.15, 0.2) is 0 Å². The molecule has 0 saturated carbocycles. The van der Waals surface area contributed by atoms with E-state index in [-0.39, 0.29) is 6.15 Å². The third-order valence-electron chi connectivity index (χ3n) is 3.08. The van der Waals surface area contributed by atoms with Gasteiger partial charge in [0.1, 0.15) is 4.75 Å². The van der Waals surface area contributed by atoms with Gasteiger partial charge in [-0.05, 0) is 11.1 Å². The molecule has 0 bridgehead atoms. The largest absolute Gasteiger partial charge is 0.548 e. The normalized spacial score (nSPS) is 12.2. The van der Waals surface area contributed by atoms with Crippen molar-refractivity contribution in [1.29, 1.82) is 0 Å². The number of benzene rings is 2. The van der Waals surface area contributed by atoms with Crippen molar-refractivity contribution in [2.75, 3.05) is 6.26 Å². The molecule has 0 aliphatic rings. The van der Waals surface area contributed by atoms with Crippen LogP contribution in [0.4, 0.5) is 0 Å². The highest BCUT2D eigenvalue weighted by Crippen LogP contribution is 2.34. The number of carbonyl (C=O) groups excluding carboxylic acids is 1. The minimum Gasteiger partial charge on any atom is -0.548 e. The monoisotopic (exact) mass is 291 g/mol. The van der Waals surface area contributed by atoms with Gasteiger partial charge in [-0.3, -0.25) is 4.21 Å². The molecular weight excluding hydrogens is 274 g/mol. The van der Waals surface area contributed by atoms with E-state index in [1.54, 1.807) is 60.7 Å². The van der Waals surface area contributed by atoms with Gasteiger partial charge in [-0.25, -0.2) is 0 Å².